The molecule has 4 rings (SSSR count). The zero-order valence-corrected chi connectivity index (χ0v) is 18.8. The molecule has 0 saturated carbocycles. The Morgan fingerprint density at radius 2 is 1.68 bits per heavy atom. The number of hydrogen-bond acceptors (Lipinski definition) is 4. The molecule has 2 aromatic carbocycles. The Labute approximate surface area is 184 Å². The Kier molecular flexibility index (Phi) is 6.62. The molecule has 166 valence electrons. The maximum absolute atomic E-state index is 12.8. The summed E-state index contributed by atoms with van der Waals surface area (Å²) in [4.78, 5) is 13.0. The second kappa shape index (κ2) is 9.40. The summed E-state index contributed by atoms with van der Waals surface area (Å²) in [7, 11) is -3.46. The van der Waals surface area contributed by atoms with Crippen LogP contribution in [0.2, 0.25) is 0 Å². The van der Waals surface area contributed by atoms with Crippen LogP contribution < -0.4 is 10.1 Å². The number of sulfonamides is 1. The van der Waals surface area contributed by atoms with Crippen molar-refractivity contribution < 1.29 is 17.9 Å². The van der Waals surface area contributed by atoms with Crippen LogP contribution in [0.3, 0.4) is 0 Å². The molecule has 0 spiro atoms. The van der Waals surface area contributed by atoms with E-state index in [9.17, 15) is 13.2 Å². The minimum absolute atomic E-state index is 0.240. The molecular formula is C24H30N2O4S. The van der Waals surface area contributed by atoms with Crippen molar-refractivity contribution in [2.24, 2.45) is 0 Å². The minimum atomic E-state index is -3.46. The SMILES string of the molecule is CC[C@@H](Oc1ccc2c(c1)CCCC2)C(=O)Nc1ccc(S(=O)(=O)N2CCCC2)cc1. The fourth-order valence-electron chi connectivity index (χ4n) is 4.28. The van der Waals surface area contributed by atoms with Crippen LogP contribution >= 0.6 is 0 Å². The highest BCUT2D eigenvalue weighted by Crippen LogP contribution is 2.27. The summed E-state index contributed by atoms with van der Waals surface area (Å²) in [6, 6.07) is 12.5. The van der Waals surface area contributed by atoms with Crippen molar-refractivity contribution in [3.05, 3.63) is 53.6 Å². The van der Waals surface area contributed by atoms with Crippen molar-refractivity contribution >= 4 is 21.6 Å². The van der Waals surface area contributed by atoms with E-state index >= 15 is 0 Å². The smallest absolute Gasteiger partial charge is 0.265 e. The number of rotatable bonds is 7. The predicted molar refractivity (Wildman–Crippen MR) is 121 cm³/mol. The van der Waals surface area contributed by atoms with Crippen molar-refractivity contribution in [3.63, 3.8) is 0 Å². The fourth-order valence-corrected chi connectivity index (χ4v) is 5.80. The lowest BCUT2D eigenvalue weighted by Crippen LogP contribution is -2.32. The van der Waals surface area contributed by atoms with Gasteiger partial charge in [-0.2, -0.15) is 4.31 Å². The van der Waals surface area contributed by atoms with E-state index in [1.54, 1.807) is 24.3 Å². The zero-order valence-electron chi connectivity index (χ0n) is 18.0. The number of aryl methyl sites for hydroxylation is 2. The van der Waals surface area contributed by atoms with E-state index in [-0.39, 0.29) is 10.8 Å². The number of ether oxygens (including phenoxy) is 1. The van der Waals surface area contributed by atoms with Crippen LogP contribution in [-0.2, 0) is 27.7 Å². The molecular weight excluding hydrogens is 412 g/mol. The number of nitrogens with one attached hydrogen (secondary N) is 1. The third-order valence-electron chi connectivity index (χ3n) is 6.09. The van der Waals surface area contributed by atoms with Crippen molar-refractivity contribution in [2.45, 2.75) is 62.9 Å². The van der Waals surface area contributed by atoms with Gasteiger partial charge < -0.3 is 10.1 Å². The Bertz CT molecular complexity index is 1030. The normalized spacial score (nSPS) is 17.7. The molecule has 1 atom stereocenters. The molecule has 31 heavy (non-hydrogen) atoms. The first-order chi connectivity index (χ1) is 15.0. The van der Waals surface area contributed by atoms with Gasteiger partial charge in [0.2, 0.25) is 10.0 Å². The molecule has 2 aliphatic rings. The number of nitrogens with zero attached hydrogens (tertiary/aromatic N) is 1. The van der Waals surface area contributed by atoms with Gasteiger partial charge in [-0.15, -0.1) is 0 Å². The molecule has 1 aliphatic carbocycles. The second-order valence-electron chi connectivity index (χ2n) is 8.28. The van der Waals surface area contributed by atoms with Gasteiger partial charge in [-0.25, -0.2) is 8.42 Å². The number of carbonyl (C=O) groups is 1. The molecule has 1 N–H and O–H groups in total. The zero-order chi connectivity index (χ0) is 21.8. The number of fused-ring (bicyclic) bond motifs is 1. The lowest BCUT2D eigenvalue weighted by molar-refractivity contribution is -0.122. The third kappa shape index (κ3) is 4.93. The van der Waals surface area contributed by atoms with Crippen molar-refractivity contribution in [1.29, 1.82) is 0 Å². The number of carbonyl (C=O) groups excluding carboxylic acids is 1. The van der Waals surface area contributed by atoms with E-state index in [0.717, 1.165) is 31.4 Å². The van der Waals surface area contributed by atoms with Crippen LogP contribution in [0.1, 0.15) is 50.2 Å². The minimum Gasteiger partial charge on any atom is -0.481 e. The summed E-state index contributed by atoms with van der Waals surface area (Å²) >= 11 is 0. The van der Waals surface area contributed by atoms with Crippen molar-refractivity contribution in [1.82, 2.24) is 4.31 Å². The van der Waals surface area contributed by atoms with E-state index < -0.39 is 16.1 Å². The molecule has 0 unspecified atom stereocenters. The summed E-state index contributed by atoms with van der Waals surface area (Å²) in [6.45, 7) is 3.05. The highest BCUT2D eigenvalue weighted by molar-refractivity contribution is 7.89. The summed E-state index contributed by atoms with van der Waals surface area (Å²) in [5, 5.41) is 2.85. The van der Waals surface area contributed by atoms with E-state index in [4.69, 9.17) is 4.74 Å². The van der Waals surface area contributed by atoms with Crippen LogP contribution in [0.25, 0.3) is 0 Å². The first kappa shape index (κ1) is 21.8. The van der Waals surface area contributed by atoms with Crippen LogP contribution in [0.15, 0.2) is 47.4 Å². The van der Waals surface area contributed by atoms with Gasteiger partial charge >= 0.3 is 0 Å². The molecule has 1 heterocycles. The number of amides is 1. The standard InChI is InChI=1S/C24H30N2O4S/c1-2-23(30-21-12-9-18-7-3-4-8-19(18)17-21)24(27)25-20-10-13-22(14-11-20)31(28,29)26-15-5-6-16-26/h9-14,17,23H,2-8,15-16H2,1H3,(H,25,27)/t23-/m1/s1. The average molecular weight is 443 g/mol. The molecule has 7 heteroatoms. The summed E-state index contributed by atoms with van der Waals surface area (Å²) in [5.74, 6) is 0.477. The Morgan fingerprint density at radius 3 is 2.35 bits per heavy atom. The molecule has 0 radical (unpaired) electrons. The average Bonchev–Trinajstić information content (AvgIpc) is 3.33. The summed E-state index contributed by atoms with van der Waals surface area (Å²) < 4.78 is 32.8. The van der Waals surface area contributed by atoms with Crippen LogP contribution in [0, 0.1) is 0 Å². The fraction of sp³-hybridized carbons (Fsp3) is 0.458. The van der Waals surface area contributed by atoms with Crippen molar-refractivity contribution in [3.8, 4) is 5.75 Å². The molecule has 0 bridgehead atoms. The van der Waals surface area contributed by atoms with Gasteiger partial charge in [-0.05, 0) is 92.5 Å². The Balaban J connectivity index is 1.40. The van der Waals surface area contributed by atoms with E-state index in [0.29, 0.717) is 25.2 Å². The van der Waals surface area contributed by atoms with Gasteiger partial charge in [-0.1, -0.05) is 13.0 Å². The Morgan fingerprint density at radius 1 is 1.00 bits per heavy atom. The van der Waals surface area contributed by atoms with Crippen LogP contribution in [-0.4, -0.2) is 37.8 Å². The van der Waals surface area contributed by atoms with Crippen LogP contribution in [0.4, 0.5) is 5.69 Å². The second-order valence-corrected chi connectivity index (χ2v) is 10.2. The van der Waals surface area contributed by atoms with Crippen molar-refractivity contribution in [2.75, 3.05) is 18.4 Å². The molecule has 6 nitrogen and oxygen atoms in total. The quantitative estimate of drug-likeness (QED) is 0.699. The van der Waals surface area contributed by atoms with Gasteiger partial charge in [0.25, 0.3) is 5.91 Å². The van der Waals surface area contributed by atoms with Gasteiger partial charge in [0.05, 0.1) is 4.90 Å². The van der Waals surface area contributed by atoms with Crippen LogP contribution in [0.5, 0.6) is 5.75 Å². The van der Waals surface area contributed by atoms with Gasteiger partial charge in [0.15, 0.2) is 6.10 Å². The number of benzene rings is 2. The highest BCUT2D eigenvalue weighted by Gasteiger charge is 2.27. The van der Waals surface area contributed by atoms with Gasteiger partial charge in [0.1, 0.15) is 5.75 Å². The predicted octanol–water partition coefficient (Wildman–Crippen LogP) is 4.15. The first-order valence-corrected chi connectivity index (χ1v) is 12.6. The first-order valence-electron chi connectivity index (χ1n) is 11.2. The van der Waals surface area contributed by atoms with Gasteiger partial charge in [-0.3, -0.25) is 4.79 Å². The summed E-state index contributed by atoms with van der Waals surface area (Å²) in [6.07, 6.45) is 6.30. The molecule has 1 aliphatic heterocycles. The van der Waals surface area contributed by atoms with E-state index in [1.165, 1.54) is 28.3 Å². The highest BCUT2D eigenvalue weighted by atomic mass is 32.2. The largest absolute Gasteiger partial charge is 0.481 e. The summed E-state index contributed by atoms with van der Waals surface area (Å²) in [5.41, 5.74) is 3.24. The molecule has 1 fully saturated rings. The lowest BCUT2D eigenvalue weighted by Gasteiger charge is -2.20. The molecule has 1 saturated heterocycles. The number of anilines is 1. The molecule has 1 amide bonds. The van der Waals surface area contributed by atoms with Gasteiger partial charge in [0, 0.05) is 18.8 Å². The monoisotopic (exact) mass is 442 g/mol. The lowest BCUT2D eigenvalue weighted by atomic mass is 9.92. The number of hydrogen-bond donors (Lipinski definition) is 1. The third-order valence-corrected chi connectivity index (χ3v) is 8.00. The van der Waals surface area contributed by atoms with E-state index in [1.807, 2.05) is 13.0 Å². The molecule has 2 aromatic rings. The maximum atomic E-state index is 12.8. The maximum Gasteiger partial charge on any atom is 0.265 e. The van der Waals surface area contributed by atoms with E-state index in [2.05, 4.69) is 17.4 Å². The Hall–Kier alpha value is -2.38. The molecule has 0 aromatic heterocycles. The topological polar surface area (TPSA) is 75.7 Å².